The quantitative estimate of drug-likeness (QED) is 0.594. The maximum atomic E-state index is 12.8. The smallest absolute Gasteiger partial charge is 0.376 e. The number of nitrogens with zero attached hydrogens (tertiary/aromatic N) is 1. The van der Waals surface area contributed by atoms with E-state index < -0.39 is 17.6 Å². The number of anilines is 2. The van der Waals surface area contributed by atoms with Gasteiger partial charge in [-0.05, 0) is 35.9 Å². The van der Waals surface area contributed by atoms with Crippen molar-refractivity contribution in [3.8, 4) is 0 Å². The van der Waals surface area contributed by atoms with Gasteiger partial charge in [-0.2, -0.15) is 13.2 Å². The van der Waals surface area contributed by atoms with Gasteiger partial charge in [0, 0.05) is 23.0 Å². The minimum Gasteiger partial charge on any atom is -0.376 e. The van der Waals surface area contributed by atoms with E-state index in [2.05, 4.69) is 10.6 Å². The molecule has 0 spiro atoms. The number of halogens is 4. The van der Waals surface area contributed by atoms with Crippen LogP contribution in [0.4, 0.5) is 24.5 Å². The van der Waals surface area contributed by atoms with E-state index in [9.17, 15) is 22.8 Å². The second-order valence-electron chi connectivity index (χ2n) is 6.46. The molecule has 3 aromatic rings. The predicted molar refractivity (Wildman–Crippen MR) is 110 cm³/mol. The monoisotopic (exact) mass is 435 g/mol. The molecule has 5 nitrogen and oxygen atoms in total. The van der Waals surface area contributed by atoms with Crippen LogP contribution in [0.2, 0.25) is 5.02 Å². The maximum Gasteiger partial charge on any atom is 0.416 e. The average molecular weight is 436 g/mol. The number of pyridine rings is 1. The van der Waals surface area contributed by atoms with Crippen LogP contribution in [0.1, 0.15) is 11.1 Å². The van der Waals surface area contributed by atoms with Crippen molar-refractivity contribution in [1.82, 2.24) is 4.57 Å². The summed E-state index contributed by atoms with van der Waals surface area (Å²) in [7, 11) is 0. The van der Waals surface area contributed by atoms with E-state index in [1.807, 2.05) is 0 Å². The average Bonchev–Trinajstić information content (AvgIpc) is 2.70. The minimum absolute atomic E-state index is 0.170. The van der Waals surface area contributed by atoms with E-state index in [0.29, 0.717) is 10.7 Å². The second-order valence-corrected chi connectivity index (χ2v) is 6.86. The van der Waals surface area contributed by atoms with Gasteiger partial charge < -0.3 is 15.2 Å². The molecule has 9 heteroatoms. The summed E-state index contributed by atoms with van der Waals surface area (Å²) in [6.45, 7) is -0.0182. The Balaban J connectivity index is 1.65. The van der Waals surface area contributed by atoms with Gasteiger partial charge in [0.15, 0.2) is 0 Å². The summed E-state index contributed by atoms with van der Waals surface area (Å²) in [6.07, 6.45) is -2.98. The topological polar surface area (TPSA) is 63.1 Å². The van der Waals surface area contributed by atoms with Crippen LogP contribution in [0.25, 0.3) is 0 Å². The van der Waals surface area contributed by atoms with Crippen LogP contribution in [-0.2, 0) is 17.5 Å². The molecule has 0 aliphatic heterocycles. The number of rotatable bonds is 6. The third-order valence-electron chi connectivity index (χ3n) is 4.21. The summed E-state index contributed by atoms with van der Waals surface area (Å²) < 4.78 is 39.7. The molecule has 3 rings (SSSR count). The molecule has 0 saturated carbocycles. The normalized spacial score (nSPS) is 11.2. The summed E-state index contributed by atoms with van der Waals surface area (Å²) in [5, 5.41) is 5.78. The van der Waals surface area contributed by atoms with Crippen molar-refractivity contribution < 1.29 is 18.0 Å². The Hall–Kier alpha value is -3.26. The van der Waals surface area contributed by atoms with Crippen LogP contribution < -0.4 is 16.2 Å². The lowest BCUT2D eigenvalue weighted by Crippen LogP contribution is -2.24. The van der Waals surface area contributed by atoms with E-state index in [1.165, 1.54) is 35.0 Å². The molecular formula is C21H17ClF3N3O2. The van der Waals surface area contributed by atoms with Crippen molar-refractivity contribution in [2.75, 3.05) is 17.2 Å². The Bertz CT molecular complexity index is 1110. The fraction of sp³-hybridized carbons (Fsp3) is 0.143. The van der Waals surface area contributed by atoms with E-state index >= 15 is 0 Å². The van der Waals surface area contributed by atoms with E-state index in [-0.39, 0.29) is 24.3 Å². The highest BCUT2D eigenvalue weighted by atomic mass is 35.5. The number of nitrogens with one attached hydrogen (secondary N) is 2. The molecule has 1 aromatic heterocycles. The third kappa shape index (κ3) is 5.64. The predicted octanol–water partition coefficient (Wildman–Crippen LogP) is 4.62. The number of hydrogen-bond acceptors (Lipinski definition) is 3. The van der Waals surface area contributed by atoms with Crippen molar-refractivity contribution in [2.45, 2.75) is 12.7 Å². The van der Waals surface area contributed by atoms with Crippen molar-refractivity contribution in [3.05, 3.63) is 93.4 Å². The highest BCUT2D eigenvalue weighted by molar-refractivity contribution is 6.31. The zero-order valence-corrected chi connectivity index (χ0v) is 16.3. The number of amides is 1. The first-order valence-electron chi connectivity index (χ1n) is 8.87. The van der Waals surface area contributed by atoms with Gasteiger partial charge in [-0.3, -0.25) is 9.59 Å². The van der Waals surface area contributed by atoms with Crippen molar-refractivity contribution in [1.29, 1.82) is 0 Å². The zero-order valence-electron chi connectivity index (χ0n) is 15.5. The summed E-state index contributed by atoms with van der Waals surface area (Å²) in [6, 6.07) is 14.4. The molecule has 156 valence electrons. The highest BCUT2D eigenvalue weighted by Crippen LogP contribution is 2.30. The van der Waals surface area contributed by atoms with Crippen LogP contribution in [0.3, 0.4) is 0 Å². The molecule has 2 aromatic carbocycles. The van der Waals surface area contributed by atoms with E-state index in [4.69, 9.17) is 11.6 Å². The summed E-state index contributed by atoms with van der Waals surface area (Å²) in [5.74, 6) is -0.477. The Labute approximate surface area is 175 Å². The van der Waals surface area contributed by atoms with Crippen LogP contribution in [-0.4, -0.2) is 17.0 Å². The first kappa shape index (κ1) is 21.4. The number of hydrogen-bond donors (Lipinski definition) is 2. The maximum absolute atomic E-state index is 12.8. The standard InChI is InChI=1S/C21H17ClF3N3O2/c22-18-7-2-1-4-14(18)12-28-13-17(8-9-20(28)30)27-19(29)11-26-16-6-3-5-15(10-16)21(23,24)25/h1-10,13,26H,11-12H2,(H,27,29). The molecule has 0 unspecified atom stereocenters. The van der Waals surface area contributed by atoms with Gasteiger partial charge in [0.2, 0.25) is 5.91 Å². The lowest BCUT2D eigenvalue weighted by molar-refractivity contribution is -0.137. The van der Waals surface area contributed by atoms with Gasteiger partial charge in [0.05, 0.1) is 24.3 Å². The Kier molecular flexibility index (Phi) is 6.47. The third-order valence-corrected chi connectivity index (χ3v) is 4.58. The van der Waals surface area contributed by atoms with E-state index in [1.54, 1.807) is 24.3 Å². The van der Waals surface area contributed by atoms with Crippen LogP contribution in [0.5, 0.6) is 0 Å². The number of alkyl halides is 3. The Morgan fingerprint density at radius 3 is 2.50 bits per heavy atom. The Morgan fingerprint density at radius 2 is 1.77 bits per heavy atom. The highest BCUT2D eigenvalue weighted by Gasteiger charge is 2.30. The number of carbonyl (C=O) groups excluding carboxylic acids is 1. The molecule has 30 heavy (non-hydrogen) atoms. The molecule has 2 N–H and O–H groups in total. The summed E-state index contributed by atoms with van der Waals surface area (Å²) in [5.41, 5.74) is 0.215. The summed E-state index contributed by atoms with van der Waals surface area (Å²) >= 11 is 6.13. The number of benzene rings is 2. The zero-order chi connectivity index (χ0) is 21.7. The molecule has 1 heterocycles. The van der Waals surface area contributed by atoms with E-state index in [0.717, 1.165) is 17.7 Å². The number of aromatic nitrogens is 1. The van der Waals surface area contributed by atoms with Gasteiger partial charge in [-0.15, -0.1) is 0 Å². The molecule has 0 radical (unpaired) electrons. The van der Waals surface area contributed by atoms with Gasteiger partial charge in [0.1, 0.15) is 0 Å². The SMILES string of the molecule is O=C(CNc1cccc(C(F)(F)F)c1)Nc1ccc(=O)n(Cc2ccccc2Cl)c1. The molecule has 0 aliphatic carbocycles. The second kappa shape index (κ2) is 9.04. The first-order chi connectivity index (χ1) is 14.2. The van der Waals surface area contributed by atoms with Crippen molar-refractivity contribution >= 4 is 28.9 Å². The molecule has 0 atom stereocenters. The summed E-state index contributed by atoms with van der Waals surface area (Å²) in [4.78, 5) is 24.3. The van der Waals surface area contributed by atoms with Gasteiger partial charge in [-0.25, -0.2) is 0 Å². The molecule has 0 saturated heterocycles. The van der Waals surface area contributed by atoms with Crippen molar-refractivity contribution in [2.24, 2.45) is 0 Å². The fourth-order valence-corrected chi connectivity index (χ4v) is 2.93. The lowest BCUT2D eigenvalue weighted by atomic mass is 10.2. The molecule has 1 amide bonds. The molecule has 0 fully saturated rings. The largest absolute Gasteiger partial charge is 0.416 e. The molecule has 0 aliphatic rings. The van der Waals surface area contributed by atoms with Crippen LogP contribution >= 0.6 is 11.6 Å². The lowest BCUT2D eigenvalue weighted by Gasteiger charge is -2.12. The van der Waals surface area contributed by atoms with Crippen molar-refractivity contribution in [3.63, 3.8) is 0 Å². The van der Waals surface area contributed by atoms with Gasteiger partial charge in [0.25, 0.3) is 5.56 Å². The molecular weight excluding hydrogens is 419 g/mol. The van der Waals surface area contributed by atoms with Gasteiger partial charge >= 0.3 is 6.18 Å². The molecule has 0 bridgehead atoms. The fourth-order valence-electron chi connectivity index (χ4n) is 2.73. The van der Waals surface area contributed by atoms with Crippen LogP contribution in [0.15, 0.2) is 71.7 Å². The minimum atomic E-state index is -4.46. The number of carbonyl (C=O) groups is 1. The Morgan fingerprint density at radius 1 is 1.00 bits per heavy atom. The van der Waals surface area contributed by atoms with Gasteiger partial charge in [-0.1, -0.05) is 35.9 Å². The first-order valence-corrected chi connectivity index (χ1v) is 9.25. The van der Waals surface area contributed by atoms with Crippen LogP contribution in [0, 0.1) is 0 Å².